The van der Waals surface area contributed by atoms with Gasteiger partial charge in [-0.15, -0.1) is 0 Å². The number of hydrogen-bond donors (Lipinski definition) is 1. The van der Waals surface area contributed by atoms with Gasteiger partial charge < -0.3 is 5.73 Å². The summed E-state index contributed by atoms with van der Waals surface area (Å²) in [6, 6.07) is 3.77. The molecule has 0 aliphatic heterocycles. The van der Waals surface area contributed by atoms with Crippen molar-refractivity contribution in [2.45, 2.75) is 13.5 Å². The van der Waals surface area contributed by atoms with Gasteiger partial charge in [-0.05, 0) is 19.1 Å². The van der Waals surface area contributed by atoms with Crippen molar-refractivity contribution in [1.29, 1.82) is 0 Å². The molecule has 0 atom stereocenters. The quantitative estimate of drug-likeness (QED) is 0.777. The summed E-state index contributed by atoms with van der Waals surface area (Å²) >= 11 is 0. The molecule has 0 aliphatic rings. The van der Waals surface area contributed by atoms with E-state index in [9.17, 15) is 0 Å². The van der Waals surface area contributed by atoms with E-state index in [1.165, 1.54) is 0 Å². The van der Waals surface area contributed by atoms with Crippen LogP contribution < -0.4 is 5.73 Å². The minimum atomic E-state index is 0.420. The van der Waals surface area contributed by atoms with Crippen molar-refractivity contribution in [2.24, 2.45) is 12.8 Å². The number of hydrogen-bond acceptors (Lipinski definition) is 4. The second-order valence-electron chi connectivity index (χ2n) is 3.40. The number of aryl methyl sites for hydroxylation is 2. The highest BCUT2D eigenvalue weighted by molar-refractivity contribution is 5.48. The van der Waals surface area contributed by atoms with Crippen LogP contribution in [0.15, 0.2) is 18.3 Å². The first-order valence-corrected chi connectivity index (χ1v) is 4.73. The van der Waals surface area contributed by atoms with E-state index >= 15 is 0 Å². The number of nitrogens with two attached hydrogens (primary N) is 1. The first-order chi connectivity index (χ1) is 7.19. The molecule has 78 valence electrons. The molecule has 5 heteroatoms. The Morgan fingerprint density at radius 1 is 1.40 bits per heavy atom. The summed E-state index contributed by atoms with van der Waals surface area (Å²) in [6.45, 7) is 2.34. The second kappa shape index (κ2) is 3.78. The lowest BCUT2D eigenvalue weighted by Gasteiger charge is -2.01. The lowest BCUT2D eigenvalue weighted by Crippen LogP contribution is -2.03. The summed E-state index contributed by atoms with van der Waals surface area (Å²) in [5.41, 5.74) is 8.07. The van der Waals surface area contributed by atoms with Gasteiger partial charge in [0, 0.05) is 25.5 Å². The fraction of sp³-hybridized carbons (Fsp3) is 0.300. The molecular weight excluding hydrogens is 190 g/mol. The zero-order valence-electron chi connectivity index (χ0n) is 8.81. The van der Waals surface area contributed by atoms with Crippen molar-refractivity contribution in [3.8, 4) is 11.5 Å². The SMILES string of the molecule is Cc1cc(CN)nc(-c2ccn(C)n2)n1. The van der Waals surface area contributed by atoms with Gasteiger partial charge in [-0.3, -0.25) is 4.68 Å². The van der Waals surface area contributed by atoms with Gasteiger partial charge in [0.15, 0.2) is 5.82 Å². The Bertz CT molecular complexity index is 474. The molecule has 0 amide bonds. The molecule has 0 aromatic carbocycles. The van der Waals surface area contributed by atoms with Crippen LogP contribution >= 0.6 is 0 Å². The monoisotopic (exact) mass is 203 g/mol. The van der Waals surface area contributed by atoms with Gasteiger partial charge in [-0.25, -0.2) is 9.97 Å². The highest BCUT2D eigenvalue weighted by Crippen LogP contribution is 2.12. The van der Waals surface area contributed by atoms with E-state index in [4.69, 9.17) is 5.73 Å². The van der Waals surface area contributed by atoms with E-state index in [-0.39, 0.29) is 0 Å². The number of rotatable bonds is 2. The van der Waals surface area contributed by atoms with Gasteiger partial charge in [-0.2, -0.15) is 5.10 Å². The van der Waals surface area contributed by atoms with Gasteiger partial charge in [-0.1, -0.05) is 0 Å². The molecule has 0 radical (unpaired) electrons. The van der Waals surface area contributed by atoms with Crippen molar-refractivity contribution in [2.75, 3.05) is 0 Å². The molecule has 2 N–H and O–H groups in total. The Morgan fingerprint density at radius 2 is 2.20 bits per heavy atom. The molecule has 0 unspecified atom stereocenters. The molecule has 2 aromatic rings. The summed E-state index contributed by atoms with van der Waals surface area (Å²) in [6.07, 6.45) is 1.86. The van der Waals surface area contributed by atoms with Crippen molar-refractivity contribution >= 4 is 0 Å². The van der Waals surface area contributed by atoms with Gasteiger partial charge in [0.25, 0.3) is 0 Å². The molecule has 0 fully saturated rings. The minimum Gasteiger partial charge on any atom is -0.325 e. The van der Waals surface area contributed by atoms with Crippen LogP contribution in [-0.2, 0) is 13.6 Å². The van der Waals surface area contributed by atoms with Crippen molar-refractivity contribution < 1.29 is 0 Å². The van der Waals surface area contributed by atoms with Gasteiger partial charge in [0.2, 0.25) is 0 Å². The molecule has 5 nitrogen and oxygen atoms in total. The van der Waals surface area contributed by atoms with Gasteiger partial charge >= 0.3 is 0 Å². The average molecular weight is 203 g/mol. The van der Waals surface area contributed by atoms with E-state index < -0.39 is 0 Å². The number of nitrogens with zero attached hydrogens (tertiary/aromatic N) is 4. The van der Waals surface area contributed by atoms with E-state index in [1.54, 1.807) is 4.68 Å². The summed E-state index contributed by atoms with van der Waals surface area (Å²) in [5.74, 6) is 0.635. The minimum absolute atomic E-state index is 0.420. The zero-order valence-corrected chi connectivity index (χ0v) is 8.81. The van der Waals surface area contributed by atoms with Crippen LogP contribution in [0.1, 0.15) is 11.4 Å². The van der Waals surface area contributed by atoms with Crippen LogP contribution in [0.2, 0.25) is 0 Å². The second-order valence-corrected chi connectivity index (χ2v) is 3.40. The Labute approximate surface area is 88.0 Å². The third kappa shape index (κ3) is 2.02. The molecule has 2 rings (SSSR count). The topological polar surface area (TPSA) is 69.6 Å². The Balaban J connectivity index is 2.48. The molecule has 0 saturated heterocycles. The molecule has 2 aromatic heterocycles. The first kappa shape index (κ1) is 9.79. The van der Waals surface area contributed by atoms with Crippen molar-refractivity contribution in [3.05, 3.63) is 29.7 Å². The maximum absolute atomic E-state index is 5.55. The van der Waals surface area contributed by atoms with Crippen LogP contribution in [0.3, 0.4) is 0 Å². The summed E-state index contributed by atoms with van der Waals surface area (Å²) in [7, 11) is 1.86. The van der Waals surface area contributed by atoms with Crippen LogP contribution in [0.25, 0.3) is 11.5 Å². The molecule has 0 saturated carbocycles. The van der Waals surface area contributed by atoms with Crippen LogP contribution in [0.5, 0.6) is 0 Å². The van der Waals surface area contributed by atoms with Crippen LogP contribution in [0, 0.1) is 6.92 Å². The summed E-state index contributed by atoms with van der Waals surface area (Å²) < 4.78 is 1.73. The van der Waals surface area contributed by atoms with E-state index in [0.717, 1.165) is 17.1 Å². The van der Waals surface area contributed by atoms with Gasteiger partial charge in [0.1, 0.15) is 5.69 Å². The Hall–Kier alpha value is -1.75. The normalized spacial score (nSPS) is 10.6. The van der Waals surface area contributed by atoms with Crippen molar-refractivity contribution in [3.63, 3.8) is 0 Å². The molecule has 2 heterocycles. The Morgan fingerprint density at radius 3 is 2.80 bits per heavy atom. The third-order valence-electron chi connectivity index (χ3n) is 2.06. The molecule has 15 heavy (non-hydrogen) atoms. The third-order valence-corrected chi connectivity index (χ3v) is 2.06. The summed E-state index contributed by atoms with van der Waals surface area (Å²) in [4.78, 5) is 8.65. The fourth-order valence-electron chi connectivity index (χ4n) is 1.39. The molecule has 0 bridgehead atoms. The zero-order chi connectivity index (χ0) is 10.8. The maximum Gasteiger partial charge on any atom is 0.180 e. The smallest absolute Gasteiger partial charge is 0.180 e. The number of aromatic nitrogens is 4. The Kier molecular flexibility index (Phi) is 2.47. The van der Waals surface area contributed by atoms with Crippen molar-refractivity contribution in [1.82, 2.24) is 19.7 Å². The predicted molar refractivity (Wildman–Crippen MR) is 56.9 cm³/mol. The lowest BCUT2D eigenvalue weighted by molar-refractivity contribution is 0.767. The van der Waals surface area contributed by atoms with E-state index in [2.05, 4.69) is 15.1 Å². The largest absolute Gasteiger partial charge is 0.325 e. The van der Waals surface area contributed by atoms with Crippen LogP contribution in [-0.4, -0.2) is 19.7 Å². The standard InChI is InChI=1S/C10H13N5/c1-7-5-8(6-11)13-10(12-7)9-3-4-15(2)14-9/h3-5H,6,11H2,1-2H3. The maximum atomic E-state index is 5.55. The highest BCUT2D eigenvalue weighted by Gasteiger charge is 2.06. The molecule has 0 spiro atoms. The molecular formula is C10H13N5. The van der Waals surface area contributed by atoms with E-state index in [1.807, 2.05) is 32.3 Å². The average Bonchev–Trinajstić information content (AvgIpc) is 2.64. The predicted octanol–water partition coefficient (Wildman–Crippen LogP) is 0.644. The van der Waals surface area contributed by atoms with Crippen LogP contribution in [0.4, 0.5) is 0 Å². The summed E-state index contributed by atoms with van der Waals surface area (Å²) in [5, 5.41) is 4.25. The van der Waals surface area contributed by atoms with Gasteiger partial charge in [0.05, 0.1) is 5.69 Å². The lowest BCUT2D eigenvalue weighted by atomic mass is 10.3. The first-order valence-electron chi connectivity index (χ1n) is 4.73. The van der Waals surface area contributed by atoms with E-state index in [0.29, 0.717) is 12.4 Å². The fourth-order valence-corrected chi connectivity index (χ4v) is 1.39. The highest BCUT2D eigenvalue weighted by atomic mass is 15.3. The molecule has 0 aliphatic carbocycles.